The van der Waals surface area contributed by atoms with E-state index in [9.17, 15) is 9.59 Å². The van der Waals surface area contributed by atoms with Crippen LogP contribution < -0.4 is 0 Å². The molecule has 1 fully saturated rings. The van der Waals surface area contributed by atoms with Crippen LogP contribution in [0.3, 0.4) is 0 Å². The number of hydrogen-bond donors (Lipinski definition) is 0. The van der Waals surface area contributed by atoms with Gasteiger partial charge in [0.25, 0.3) is 0 Å². The van der Waals surface area contributed by atoms with E-state index in [1.54, 1.807) is 17.4 Å². The smallest absolute Gasteiger partial charge is 0.246 e. The molecule has 26 heavy (non-hydrogen) atoms. The number of hydrogen-bond acceptors (Lipinski definition) is 3. The third-order valence-electron chi connectivity index (χ3n) is 4.87. The fraction of sp³-hybridized carbons (Fsp3) is 0.333. The van der Waals surface area contributed by atoms with E-state index in [1.165, 1.54) is 0 Å². The van der Waals surface area contributed by atoms with Gasteiger partial charge in [0.05, 0.1) is 5.41 Å². The van der Waals surface area contributed by atoms with Crippen molar-refractivity contribution in [2.75, 3.05) is 26.2 Å². The van der Waals surface area contributed by atoms with Crippen molar-refractivity contribution in [3.05, 3.63) is 64.4 Å². The van der Waals surface area contributed by atoms with Gasteiger partial charge in [0.15, 0.2) is 0 Å². The van der Waals surface area contributed by atoms with Gasteiger partial charge in [-0.25, -0.2) is 0 Å². The van der Waals surface area contributed by atoms with Gasteiger partial charge >= 0.3 is 0 Å². The first-order valence-electron chi connectivity index (χ1n) is 8.82. The molecule has 1 aromatic carbocycles. The van der Waals surface area contributed by atoms with Crippen LogP contribution >= 0.6 is 11.3 Å². The second-order valence-corrected chi connectivity index (χ2v) is 7.78. The first kappa shape index (κ1) is 18.4. The molecule has 1 saturated heterocycles. The zero-order valence-electron chi connectivity index (χ0n) is 15.2. The normalized spacial score (nSPS) is 15.5. The molecule has 0 aliphatic carbocycles. The molecule has 1 aliphatic heterocycles. The molecule has 5 heteroatoms. The first-order chi connectivity index (χ1) is 12.5. The maximum Gasteiger partial charge on any atom is 0.246 e. The van der Waals surface area contributed by atoms with Crippen molar-refractivity contribution >= 4 is 29.2 Å². The predicted molar refractivity (Wildman–Crippen MR) is 106 cm³/mol. The Morgan fingerprint density at radius 1 is 1.00 bits per heavy atom. The molecule has 0 bridgehead atoms. The Kier molecular flexibility index (Phi) is 5.57. The van der Waals surface area contributed by atoms with Crippen LogP contribution in [0.25, 0.3) is 6.08 Å². The highest BCUT2D eigenvalue weighted by molar-refractivity contribution is 7.08. The van der Waals surface area contributed by atoms with Gasteiger partial charge in [-0.15, -0.1) is 0 Å². The quantitative estimate of drug-likeness (QED) is 0.776. The zero-order valence-corrected chi connectivity index (χ0v) is 16.0. The zero-order chi connectivity index (χ0) is 18.6. The number of carbonyl (C=O) groups excluding carboxylic acids is 2. The minimum absolute atomic E-state index is 0.00520. The molecule has 0 unspecified atom stereocenters. The van der Waals surface area contributed by atoms with E-state index >= 15 is 0 Å². The SMILES string of the molecule is CC(C)(C(=O)N1CCN(C(=O)/C=C/c2ccsc2)CC1)c1ccccc1. The van der Waals surface area contributed by atoms with E-state index < -0.39 is 5.41 Å². The maximum absolute atomic E-state index is 13.0. The van der Waals surface area contributed by atoms with Gasteiger partial charge < -0.3 is 9.80 Å². The summed E-state index contributed by atoms with van der Waals surface area (Å²) in [6, 6.07) is 11.8. The molecule has 0 atom stereocenters. The Bertz CT molecular complexity index is 774. The van der Waals surface area contributed by atoms with E-state index in [4.69, 9.17) is 0 Å². The van der Waals surface area contributed by atoms with E-state index in [0.717, 1.165) is 11.1 Å². The molecule has 2 amide bonds. The molecule has 0 saturated carbocycles. The lowest BCUT2D eigenvalue weighted by Gasteiger charge is -2.38. The highest BCUT2D eigenvalue weighted by atomic mass is 32.1. The number of carbonyl (C=O) groups is 2. The summed E-state index contributed by atoms with van der Waals surface area (Å²) in [6.45, 7) is 6.23. The molecule has 2 aromatic rings. The minimum Gasteiger partial charge on any atom is -0.338 e. The van der Waals surface area contributed by atoms with Crippen molar-refractivity contribution in [3.63, 3.8) is 0 Å². The van der Waals surface area contributed by atoms with Crippen molar-refractivity contribution < 1.29 is 9.59 Å². The Morgan fingerprint density at radius 3 is 2.27 bits per heavy atom. The molecule has 4 nitrogen and oxygen atoms in total. The highest BCUT2D eigenvalue weighted by Gasteiger charge is 2.35. The molecule has 0 radical (unpaired) electrons. The van der Waals surface area contributed by atoms with Gasteiger partial charge in [0.1, 0.15) is 0 Å². The summed E-state index contributed by atoms with van der Waals surface area (Å²) in [5, 5.41) is 4.00. The molecule has 0 N–H and O–H groups in total. The third-order valence-corrected chi connectivity index (χ3v) is 5.57. The minimum atomic E-state index is -0.563. The Balaban J connectivity index is 1.58. The summed E-state index contributed by atoms with van der Waals surface area (Å²) in [6.07, 6.45) is 3.46. The Labute approximate surface area is 158 Å². The van der Waals surface area contributed by atoms with Crippen molar-refractivity contribution in [1.29, 1.82) is 0 Å². The second-order valence-electron chi connectivity index (χ2n) is 7.00. The van der Waals surface area contributed by atoms with Crippen molar-refractivity contribution in [3.8, 4) is 0 Å². The lowest BCUT2D eigenvalue weighted by Crippen LogP contribution is -2.54. The van der Waals surface area contributed by atoms with Crippen LogP contribution in [0.1, 0.15) is 25.0 Å². The molecule has 136 valence electrons. The van der Waals surface area contributed by atoms with Crippen LogP contribution in [0.5, 0.6) is 0 Å². The molecule has 2 heterocycles. The number of rotatable bonds is 4. The van der Waals surface area contributed by atoms with Crippen LogP contribution in [0.2, 0.25) is 0 Å². The fourth-order valence-electron chi connectivity index (χ4n) is 3.15. The number of thiophene rings is 1. The monoisotopic (exact) mass is 368 g/mol. The summed E-state index contributed by atoms with van der Waals surface area (Å²) in [5.74, 6) is 0.121. The first-order valence-corrected chi connectivity index (χ1v) is 9.77. The van der Waals surface area contributed by atoms with Gasteiger partial charge in [0.2, 0.25) is 11.8 Å². The van der Waals surface area contributed by atoms with Crippen molar-refractivity contribution in [2.24, 2.45) is 0 Å². The fourth-order valence-corrected chi connectivity index (χ4v) is 3.77. The molecule has 1 aliphatic rings. The second kappa shape index (κ2) is 7.87. The largest absolute Gasteiger partial charge is 0.338 e. The Hall–Kier alpha value is -2.40. The lowest BCUT2D eigenvalue weighted by molar-refractivity contribution is -0.141. The third kappa shape index (κ3) is 4.05. The maximum atomic E-state index is 13.0. The number of amides is 2. The summed E-state index contributed by atoms with van der Waals surface area (Å²) in [5.41, 5.74) is 1.50. The van der Waals surface area contributed by atoms with E-state index in [-0.39, 0.29) is 11.8 Å². The van der Waals surface area contributed by atoms with Crippen molar-refractivity contribution in [1.82, 2.24) is 9.80 Å². The van der Waals surface area contributed by atoms with E-state index in [2.05, 4.69) is 0 Å². The van der Waals surface area contributed by atoms with E-state index in [0.29, 0.717) is 26.2 Å². The van der Waals surface area contributed by atoms with Crippen LogP contribution in [-0.2, 0) is 15.0 Å². The number of nitrogens with zero attached hydrogens (tertiary/aromatic N) is 2. The van der Waals surface area contributed by atoms with Crippen LogP contribution in [0.15, 0.2) is 53.2 Å². The molecular weight excluding hydrogens is 344 g/mol. The van der Waals surface area contributed by atoms with Crippen LogP contribution in [0, 0.1) is 0 Å². The standard InChI is InChI=1S/C21H24N2O2S/c1-21(2,18-6-4-3-5-7-18)20(25)23-13-11-22(12-14-23)19(24)9-8-17-10-15-26-16-17/h3-10,15-16H,11-14H2,1-2H3/b9-8+. The molecule has 1 aromatic heterocycles. The average molecular weight is 369 g/mol. The molecule has 3 rings (SSSR count). The van der Waals surface area contributed by atoms with Gasteiger partial charge in [-0.1, -0.05) is 30.3 Å². The summed E-state index contributed by atoms with van der Waals surface area (Å²) >= 11 is 1.61. The topological polar surface area (TPSA) is 40.6 Å². The molecule has 0 spiro atoms. The number of piperazine rings is 1. The predicted octanol–water partition coefficient (Wildman–Crippen LogP) is 3.41. The van der Waals surface area contributed by atoms with Gasteiger partial charge in [-0.2, -0.15) is 11.3 Å². The summed E-state index contributed by atoms with van der Waals surface area (Å²) in [4.78, 5) is 29.0. The van der Waals surface area contributed by atoms with Crippen LogP contribution in [0.4, 0.5) is 0 Å². The Morgan fingerprint density at radius 2 is 1.65 bits per heavy atom. The highest BCUT2D eigenvalue weighted by Crippen LogP contribution is 2.26. The number of benzene rings is 1. The summed E-state index contributed by atoms with van der Waals surface area (Å²) in [7, 11) is 0. The van der Waals surface area contributed by atoms with Gasteiger partial charge in [-0.05, 0) is 47.9 Å². The summed E-state index contributed by atoms with van der Waals surface area (Å²) < 4.78 is 0. The van der Waals surface area contributed by atoms with Crippen molar-refractivity contribution in [2.45, 2.75) is 19.3 Å². The van der Waals surface area contributed by atoms with Gasteiger partial charge in [0, 0.05) is 32.3 Å². The average Bonchev–Trinajstić information content (AvgIpc) is 3.20. The molecular formula is C21H24N2O2S. The van der Waals surface area contributed by atoms with Crippen LogP contribution in [-0.4, -0.2) is 47.8 Å². The van der Waals surface area contributed by atoms with E-state index in [1.807, 2.05) is 76.9 Å². The lowest BCUT2D eigenvalue weighted by atomic mass is 9.83. The van der Waals surface area contributed by atoms with Gasteiger partial charge in [-0.3, -0.25) is 9.59 Å².